The summed E-state index contributed by atoms with van der Waals surface area (Å²) in [4.78, 5) is 0. The topological polar surface area (TPSA) is 51.2 Å². The Kier molecular flexibility index (Phi) is 3.49. The molecular formula is C16H19FN2O. The Balaban J connectivity index is 1.72. The average molecular weight is 274 g/mol. The monoisotopic (exact) mass is 274 g/mol. The third-order valence-corrected chi connectivity index (χ3v) is 3.89. The van der Waals surface area contributed by atoms with E-state index in [0.717, 1.165) is 23.1 Å². The molecule has 3 N–H and O–H groups in total. The largest absolute Gasteiger partial charge is 0.464 e. The van der Waals surface area contributed by atoms with E-state index in [1.807, 2.05) is 12.1 Å². The molecule has 3 nitrogen and oxygen atoms in total. The molecule has 106 valence electrons. The van der Waals surface area contributed by atoms with E-state index in [1.54, 1.807) is 12.1 Å². The van der Waals surface area contributed by atoms with Gasteiger partial charge < -0.3 is 15.5 Å². The molecule has 0 radical (unpaired) electrons. The average Bonchev–Trinajstić information content (AvgIpc) is 3.00. The first-order valence-corrected chi connectivity index (χ1v) is 6.99. The highest BCUT2D eigenvalue weighted by Gasteiger charge is 2.36. The molecular weight excluding hydrogens is 255 g/mol. The van der Waals surface area contributed by atoms with Crippen LogP contribution in [0.2, 0.25) is 0 Å². The molecule has 0 saturated heterocycles. The molecule has 1 aliphatic rings. The summed E-state index contributed by atoms with van der Waals surface area (Å²) in [6, 6.07) is 10.2. The molecule has 1 saturated carbocycles. The summed E-state index contributed by atoms with van der Waals surface area (Å²) in [6.45, 7) is 2.65. The smallest absolute Gasteiger partial charge is 0.127 e. The first-order valence-electron chi connectivity index (χ1n) is 6.99. The molecule has 3 rings (SSSR count). The minimum Gasteiger partial charge on any atom is -0.464 e. The van der Waals surface area contributed by atoms with Crippen LogP contribution in [0.25, 0.3) is 0 Å². The summed E-state index contributed by atoms with van der Waals surface area (Å²) in [7, 11) is 0. The minimum absolute atomic E-state index is 0.0942. The Bertz CT molecular complexity index is 578. The van der Waals surface area contributed by atoms with Gasteiger partial charge in [0, 0.05) is 18.2 Å². The van der Waals surface area contributed by atoms with E-state index >= 15 is 0 Å². The fourth-order valence-corrected chi connectivity index (χ4v) is 2.47. The van der Waals surface area contributed by atoms with Gasteiger partial charge in [-0.2, -0.15) is 0 Å². The van der Waals surface area contributed by atoms with Gasteiger partial charge in [-0.25, -0.2) is 4.39 Å². The summed E-state index contributed by atoms with van der Waals surface area (Å²) < 4.78 is 18.8. The van der Waals surface area contributed by atoms with Crippen molar-refractivity contribution in [1.82, 2.24) is 0 Å². The number of benzene rings is 1. The number of halogens is 1. The molecule has 1 heterocycles. The summed E-state index contributed by atoms with van der Waals surface area (Å²) in [5.74, 6) is 2.92. The highest BCUT2D eigenvalue weighted by Crippen LogP contribution is 2.47. The molecule has 1 aromatic carbocycles. The van der Waals surface area contributed by atoms with E-state index in [9.17, 15) is 4.39 Å². The van der Waals surface area contributed by atoms with E-state index < -0.39 is 0 Å². The molecule has 3 unspecified atom stereocenters. The third kappa shape index (κ3) is 2.70. The lowest BCUT2D eigenvalue weighted by Crippen LogP contribution is -2.20. The minimum atomic E-state index is -0.247. The van der Waals surface area contributed by atoms with Crippen molar-refractivity contribution in [1.29, 1.82) is 0 Å². The van der Waals surface area contributed by atoms with Crippen LogP contribution in [-0.2, 0) is 0 Å². The highest BCUT2D eigenvalue weighted by molar-refractivity contribution is 5.45. The summed E-state index contributed by atoms with van der Waals surface area (Å²) >= 11 is 0. The van der Waals surface area contributed by atoms with Crippen LogP contribution in [-0.4, -0.2) is 6.54 Å². The molecule has 1 aromatic heterocycles. The van der Waals surface area contributed by atoms with Crippen LogP contribution in [0, 0.1) is 11.7 Å². The number of nitrogens with two attached hydrogens (primary N) is 1. The Labute approximate surface area is 118 Å². The van der Waals surface area contributed by atoms with Crippen LogP contribution in [0.3, 0.4) is 0 Å². The van der Waals surface area contributed by atoms with Gasteiger partial charge in [0.25, 0.3) is 0 Å². The summed E-state index contributed by atoms with van der Waals surface area (Å²) in [5.41, 5.74) is 6.65. The molecule has 1 fully saturated rings. The van der Waals surface area contributed by atoms with Crippen LogP contribution in [0.5, 0.6) is 0 Å². The molecule has 0 spiro atoms. The SMILES string of the molecule is CC1CC1c1ccc(C(CN)Nc2ccc(F)cc2)o1. The maximum Gasteiger partial charge on any atom is 0.127 e. The zero-order valence-corrected chi connectivity index (χ0v) is 11.5. The maximum absolute atomic E-state index is 12.9. The van der Waals surface area contributed by atoms with Gasteiger partial charge in [-0.1, -0.05) is 6.92 Å². The number of hydrogen-bond acceptors (Lipinski definition) is 3. The van der Waals surface area contributed by atoms with Gasteiger partial charge >= 0.3 is 0 Å². The fourth-order valence-electron chi connectivity index (χ4n) is 2.47. The molecule has 0 bridgehead atoms. The highest BCUT2D eigenvalue weighted by atomic mass is 19.1. The van der Waals surface area contributed by atoms with Crippen LogP contribution < -0.4 is 11.1 Å². The van der Waals surface area contributed by atoms with Crippen molar-refractivity contribution in [3.8, 4) is 0 Å². The lowest BCUT2D eigenvalue weighted by Gasteiger charge is -2.16. The van der Waals surface area contributed by atoms with Crippen LogP contribution in [0.4, 0.5) is 10.1 Å². The number of rotatable bonds is 5. The van der Waals surface area contributed by atoms with Gasteiger partial charge in [-0.15, -0.1) is 0 Å². The molecule has 4 heteroatoms. The maximum atomic E-state index is 12.9. The van der Waals surface area contributed by atoms with Crippen LogP contribution in [0.15, 0.2) is 40.8 Å². The number of furan rings is 1. The second-order valence-corrected chi connectivity index (χ2v) is 5.50. The molecule has 3 atom stereocenters. The molecule has 0 amide bonds. The molecule has 20 heavy (non-hydrogen) atoms. The number of hydrogen-bond donors (Lipinski definition) is 2. The Morgan fingerprint density at radius 2 is 2.00 bits per heavy atom. The van der Waals surface area contributed by atoms with Crippen molar-refractivity contribution >= 4 is 5.69 Å². The van der Waals surface area contributed by atoms with Crippen molar-refractivity contribution in [2.75, 3.05) is 11.9 Å². The first kappa shape index (κ1) is 13.2. The van der Waals surface area contributed by atoms with E-state index in [1.165, 1.54) is 18.6 Å². The Hall–Kier alpha value is -1.81. The van der Waals surface area contributed by atoms with E-state index in [0.29, 0.717) is 12.5 Å². The van der Waals surface area contributed by atoms with Crippen molar-refractivity contribution in [3.05, 3.63) is 53.7 Å². The predicted octanol–water partition coefficient (Wildman–Crippen LogP) is 3.65. The zero-order valence-electron chi connectivity index (χ0n) is 11.5. The Morgan fingerprint density at radius 1 is 1.30 bits per heavy atom. The molecule has 1 aliphatic carbocycles. The predicted molar refractivity (Wildman–Crippen MR) is 77.0 cm³/mol. The Morgan fingerprint density at radius 3 is 2.60 bits per heavy atom. The van der Waals surface area contributed by atoms with Crippen molar-refractivity contribution in [3.63, 3.8) is 0 Å². The van der Waals surface area contributed by atoms with Crippen molar-refractivity contribution in [2.24, 2.45) is 11.7 Å². The van der Waals surface area contributed by atoms with Gasteiger partial charge in [0.1, 0.15) is 17.3 Å². The second-order valence-electron chi connectivity index (χ2n) is 5.50. The van der Waals surface area contributed by atoms with Gasteiger partial charge in [-0.3, -0.25) is 0 Å². The van der Waals surface area contributed by atoms with E-state index in [2.05, 4.69) is 12.2 Å². The molecule has 0 aliphatic heterocycles. The van der Waals surface area contributed by atoms with Crippen LogP contribution in [0.1, 0.15) is 36.8 Å². The van der Waals surface area contributed by atoms with E-state index in [-0.39, 0.29) is 11.9 Å². The summed E-state index contributed by atoms with van der Waals surface area (Å²) in [6.07, 6.45) is 1.20. The lowest BCUT2D eigenvalue weighted by molar-refractivity contribution is 0.441. The van der Waals surface area contributed by atoms with Gasteiger partial charge in [0.15, 0.2) is 0 Å². The van der Waals surface area contributed by atoms with Gasteiger partial charge in [-0.05, 0) is 48.7 Å². The van der Waals surface area contributed by atoms with Gasteiger partial charge in [0.05, 0.1) is 6.04 Å². The van der Waals surface area contributed by atoms with Gasteiger partial charge in [0.2, 0.25) is 0 Å². The number of nitrogens with one attached hydrogen (secondary N) is 1. The second kappa shape index (κ2) is 5.29. The quantitative estimate of drug-likeness (QED) is 0.875. The summed E-state index contributed by atoms with van der Waals surface area (Å²) in [5, 5.41) is 3.27. The first-order chi connectivity index (χ1) is 9.67. The zero-order chi connectivity index (χ0) is 14.1. The van der Waals surface area contributed by atoms with Crippen LogP contribution >= 0.6 is 0 Å². The number of anilines is 1. The van der Waals surface area contributed by atoms with E-state index in [4.69, 9.17) is 10.2 Å². The lowest BCUT2D eigenvalue weighted by atomic mass is 10.2. The normalized spacial score (nSPS) is 22.6. The third-order valence-electron chi connectivity index (χ3n) is 3.89. The van der Waals surface area contributed by atoms with Crippen molar-refractivity contribution < 1.29 is 8.81 Å². The molecule has 2 aromatic rings. The fraction of sp³-hybridized carbons (Fsp3) is 0.375. The van der Waals surface area contributed by atoms with Crippen molar-refractivity contribution in [2.45, 2.75) is 25.3 Å². The standard InChI is InChI=1S/C16H19FN2O/c1-10-8-13(10)15-6-7-16(20-15)14(9-18)19-12-4-2-11(17)3-5-12/h2-7,10,13-14,19H,8-9,18H2,1H3.